The first-order valence-corrected chi connectivity index (χ1v) is 5.42. The highest BCUT2D eigenvalue weighted by Crippen LogP contribution is 2.13. The fraction of sp³-hybridized carbons (Fsp3) is 0.800. The van der Waals surface area contributed by atoms with Crippen molar-refractivity contribution in [1.82, 2.24) is 0 Å². The number of methoxy groups -OCH3 is 2. The van der Waals surface area contributed by atoms with Gasteiger partial charge in [-0.3, -0.25) is 9.59 Å². The standard InChI is InChI=1S/C10H17ClO4/c1-14-9(12)8(10(13)15-2)6-4-3-5-7-11/h8H,3-7H2,1-2H3. The van der Waals surface area contributed by atoms with Gasteiger partial charge in [-0.2, -0.15) is 0 Å². The van der Waals surface area contributed by atoms with Crippen LogP contribution in [-0.4, -0.2) is 32.0 Å². The number of carbonyl (C=O) groups is 2. The second-order valence-corrected chi connectivity index (χ2v) is 3.52. The van der Waals surface area contributed by atoms with E-state index in [2.05, 4.69) is 9.47 Å². The van der Waals surface area contributed by atoms with Crippen molar-refractivity contribution in [1.29, 1.82) is 0 Å². The molecule has 0 aromatic rings. The van der Waals surface area contributed by atoms with E-state index in [0.717, 1.165) is 19.3 Å². The van der Waals surface area contributed by atoms with Crippen LogP contribution in [0.15, 0.2) is 0 Å². The molecule has 0 N–H and O–H groups in total. The number of hydrogen-bond acceptors (Lipinski definition) is 4. The van der Waals surface area contributed by atoms with Gasteiger partial charge in [-0.05, 0) is 12.8 Å². The normalized spacial score (nSPS) is 10.1. The van der Waals surface area contributed by atoms with E-state index in [0.29, 0.717) is 12.3 Å². The molecule has 0 unspecified atom stereocenters. The van der Waals surface area contributed by atoms with Crippen molar-refractivity contribution in [3.05, 3.63) is 0 Å². The van der Waals surface area contributed by atoms with Gasteiger partial charge in [0, 0.05) is 5.88 Å². The molecular formula is C10H17ClO4. The molecule has 0 spiro atoms. The van der Waals surface area contributed by atoms with Crippen LogP contribution in [-0.2, 0) is 19.1 Å². The van der Waals surface area contributed by atoms with Crippen molar-refractivity contribution in [3.63, 3.8) is 0 Å². The van der Waals surface area contributed by atoms with Gasteiger partial charge in [-0.1, -0.05) is 12.8 Å². The largest absolute Gasteiger partial charge is 0.468 e. The lowest BCUT2D eigenvalue weighted by Gasteiger charge is -2.11. The molecule has 0 atom stereocenters. The van der Waals surface area contributed by atoms with Crippen LogP contribution < -0.4 is 0 Å². The SMILES string of the molecule is COC(=O)C(CCCCCCl)C(=O)OC. The molecule has 0 aliphatic rings. The monoisotopic (exact) mass is 236 g/mol. The van der Waals surface area contributed by atoms with E-state index in [-0.39, 0.29) is 0 Å². The van der Waals surface area contributed by atoms with Crippen LogP contribution in [0.4, 0.5) is 0 Å². The smallest absolute Gasteiger partial charge is 0.320 e. The number of halogens is 1. The highest BCUT2D eigenvalue weighted by molar-refractivity contribution is 6.17. The fourth-order valence-corrected chi connectivity index (χ4v) is 1.43. The van der Waals surface area contributed by atoms with Crippen LogP contribution in [0.2, 0.25) is 0 Å². The lowest BCUT2D eigenvalue weighted by molar-refractivity contribution is -0.159. The second kappa shape index (κ2) is 8.53. The molecule has 0 bridgehead atoms. The first kappa shape index (κ1) is 14.2. The molecule has 0 fully saturated rings. The summed E-state index contributed by atoms with van der Waals surface area (Å²) in [6.07, 6.45) is 3.00. The van der Waals surface area contributed by atoms with Crippen molar-refractivity contribution in [2.24, 2.45) is 5.92 Å². The van der Waals surface area contributed by atoms with E-state index >= 15 is 0 Å². The molecule has 0 amide bonds. The number of alkyl halides is 1. The third kappa shape index (κ3) is 5.62. The third-order valence-electron chi connectivity index (χ3n) is 2.10. The molecule has 0 saturated heterocycles. The van der Waals surface area contributed by atoms with Crippen LogP contribution in [0.1, 0.15) is 25.7 Å². The highest BCUT2D eigenvalue weighted by atomic mass is 35.5. The summed E-state index contributed by atoms with van der Waals surface area (Å²) in [6.45, 7) is 0. The Bertz CT molecular complexity index is 190. The highest BCUT2D eigenvalue weighted by Gasteiger charge is 2.27. The predicted molar refractivity (Wildman–Crippen MR) is 56.7 cm³/mol. The molecule has 0 aliphatic carbocycles. The van der Waals surface area contributed by atoms with Gasteiger partial charge in [-0.25, -0.2) is 0 Å². The Labute approximate surface area is 94.9 Å². The van der Waals surface area contributed by atoms with E-state index in [1.807, 2.05) is 0 Å². The van der Waals surface area contributed by atoms with Gasteiger partial charge >= 0.3 is 11.9 Å². The van der Waals surface area contributed by atoms with Crippen molar-refractivity contribution in [3.8, 4) is 0 Å². The van der Waals surface area contributed by atoms with Gasteiger partial charge in [0.05, 0.1) is 14.2 Å². The van der Waals surface area contributed by atoms with Gasteiger partial charge in [0.15, 0.2) is 5.92 Å². The number of hydrogen-bond donors (Lipinski definition) is 0. The van der Waals surface area contributed by atoms with E-state index < -0.39 is 17.9 Å². The lowest BCUT2D eigenvalue weighted by atomic mass is 10.0. The van der Waals surface area contributed by atoms with Crippen LogP contribution in [0, 0.1) is 5.92 Å². The van der Waals surface area contributed by atoms with Crippen molar-refractivity contribution >= 4 is 23.5 Å². The maximum absolute atomic E-state index is 11.2. The number of unbranched alkanes of at least 4 members (excludes halogenated alkanes) is 2. The second-order valence-electron chi connectivity index (χ2n) is 3.14. The Hall–Kier alpha value is -0.770. The summed E-state index contributed by atoms with van der Waals surface area (Å²) in [6, 6.07) is 0. The average molecular weight is 237 g/mol. The van der Waals surface area contributed by atoms with Crippen molar-refractivity contribution in [2.45, 2.75) is 25.7 Å². The summed E-state index contributed by atoms with van der Waals surface area (Å²) in [5.74, 6) is -1.27. The van der Waals surface area contributed by atoms with Gasteiger partial charge in [0.25, 0.3) is 0 Å². The fourth-order valence-electron chi connectivity index (χ4n) is 1.24. The molecule has 15 heavy (non-hydrogen) atoms. The van der Waals surface area contributed by atoms with E-state index in [1.54, 1.807) is 0 Å². The maximum atomic E-state index is 11.2. The summed E-state index contributed by atoms with van der Waals surface area (Å²) in [7, 11) is 2.52. The van der Waals surface area contributed by atoms with Crippen LogP contribution >= 0.6 is 11.6 Å². The molecule has 0 saturated carbocycles. The molecule has 5 heteroatoms. The zero-order chi connectivity index (χ0) is 11.7. The molecule has 0 aromatic heterocycles. The van der Waals surface area contributed by atoms with Crippen LogP contribution in [0.25, 0.3) is 0 Å². The first-order chi connectivity index (χ1) is 7.17. The van der Waals surface area contributed by atoms with E-state index in [1.165, 1.54) is 14.2 Å². The van der Waals surface area contributed by atoms with Crippen molar-refractivity contribution < 1.29 is 19.1 Å². The number of esters is 2. The molecule has 4 nitrogen and oxygen atoms in total. The lowest BCUT2D eigenvalue weighted by Crippen LogP contribution is -2.26. The van der Waals surface area contributed by atoms with E-state index in [9.17, 15) is 9.59 Å². The summed E-state index contributed by atoms with van der Waals surface area (Å²) < 4.78 is 9.05. The first-order valence-electron chi connectivity index (χ1n) is 4.89. The zero-order valence-electron chi connectivity index (χ0n) is 9.12. The molecule has 0 heterocycles. The minimum atomic E-state index is -0.796. The summed E-state index contributed by atoms with van der Waals surface area (Å²) in [4.78, 5) is 22.5. The molecular weight excluding hydrogens is 220 g/mol. The summed E-state index contributed by atoms with van der Waals surface area (Å²) >= 11 is 5.51. The minimum absolute atomic E-state index is 0.455. The maximum Gasteiger partial charge on any atom is 0.320 e. The van der Waals surface area contributed by atoms with Gasteiger partial charge in [0.2, 0.25) is 0 Å². The number of carbonyl (C=O) groups excluding carboxylic acids is 2. The predicted octanol–water partition coefficient (Wildman–Crippen LogP) is 1.75. The zero-order valence-corrected chi connectivity index (χ0v) is 9.88. The minimum Gasteiger partial charge on any atom is -0.468 e. The van der Waals surface area contributed by atoms with Crippen LogP contribution in [0.5, 0.6) is 0 Å². The van der Waals surface area contributed by atoms with Crippen LogP contribution in [0.3, 0.4) is 0 Å². The van der Waals surface area contributed by atoms with Gasteiger partial charge < -0.3 is 9.47 Å². The Morgan fingerprint density at radius 1 is 1.07 bits per heavy atom. The molecule has 0 radical (unpaired) electrons. The molecule has 88 valence electrons. The average Bonchev–Trinajstić information content (AvgIpc) is 2.27. The Balaban J connectivity index is 4.02. The van der Waals surface area contributed by atoms with Gasteiger partial charge in [0.1, 0.15) is 0 Å². The summed E-state index contributed by atoms with van der Waals surface area (Å²) in [5.41, 5.74) is 0. The van der Waals surface area contributed by atoms with Gasteiger partial charge in [-0.15, -0.1) is 11.6 Å². The molecule has 0 aliphatic heterocycles. The van der Waals surface area contributed by atoms with E-state index in [4.69, 9.17) is 11.6 Å². The molecule has 0 rings (SSSR count). The topological polar surface area (TPSA) is 52.6 Å². The quantitative estimate of drug-likeness (QED) is 0.293. The summed E-state index contributed by atoms with van der Waals surface area (Å²) in [5, 5.41) is 0. The Morgan fingerprint density at radius 2 is 1.60 bits per heavy atom. The third-order valence-corrected chi connectivity index (χ3v) is 2.37. The Morgan fingerprint density at radius 3 is 2.00 bits per heavy atom. The number of ether oxygens (including phenoxy) is 2. The number of rotatable bonds is 7. The molecule has 0 aromatic carbocycles. The van der Waals surface area contributed by atoms with Crippen molar-refractivity contribution in [2.75, 3.05) is 20.1 Å². The Kier molecular flexibility index (Phi) is 8.09.